The molecule has 0 unspecified atom stereocenters. The number of hydrogen-bond acceptors (Lipinski definition) is 2. The largest absolute Gasteiger partial charge is 0.125 e. The Morgan fingerprint density at radius 1 is 0.773 bits per heavy atom. The first-order valence-corrected chi connectivity index (χ1v) is 11.1. The van der Waals surface area contributed by atoms with Crippen molar-refractivity contribution in [2.24, 2.45) is 0 Å². The smallest absolute Gasteiger partial charge is 0.101 e. The van der Waals surface area contributed by atoms with Gasteiger partial charge in [-0.05, 0) is 37.9 Å². The summed E-state index contributed by atoms with van der Waals surface area (Å²) in [6, 6.07) is 0. The van der Waals surface area contributed by atoms with Crippen LogP contribution in [0.3, 0.4) is 0 Å². The minimum Gasteiger partial charge on any atom is -0.125 e. The van der Waals surface area contributed by atoms with Gasteiger partial charge in [0.05, 0.1) is 0 Å². The molecule has 0 aromatic carbocycles. The van der Waals surface area contributed by atoms with Crippen LogP contribution >= 0.6 is 36.6 Å². The van der Waals surface area contributed by atoms with Crippen molar-refractivity contribution in [1.82, 2.24) is 0 Å². The highest BCUT2D eigenvalue weighted by atomic mass is 32.2. The van der Waals surface area contributed by atoms with Crippen molar-refractivity contribution >= 4 is 40.1 Å². The first-order chi connectivity index (χ1) is 10.8. The van der Waals surface area contributed by atoms with Crippen molar-refractivity contribution < 1.29 is 0 Å². The second-order valence-electron chi connectivity index (χ2n) is 6.05. The lowest BCUT2D eigenvalue weighted by Crippen LogP contribution is -1.84. The lowest BCUT2D eigenvalue weighted by Gasteiger charge is -2.01. The monoisotopic (exact) mass is 360 g/mol. The highest BCUT2D eigenvalue weighted by molar-refractivity contribution is 8.41. The van der Waals surface area contributed by atoms with Crippen LogP contribution in [0.25, 0.3) is 0 Å². The molecule has 0 nitrogen and oxygen atoms in total. The Labute approximate surface area is 154 Å². The van der Waals surface area contributed by atoms with Crippen molar-refractivity contribution in [2.75, 3.05) is 5.75 Å². The summed E-state index contributed by atoms with van der Waals surface area (Å²) in [5, 5.41) is 0. The highest BCUT2D eigenvalue weighted by Gasteiger charge is 1.93. The first-order valence-electron chi connectivity index (χ1n) is 9.28. The van der Waals surface area contributed by atoms with E-state index < -0.39 is 0 Å². The van der Waals surface area contributed by atoms with Gasteiger partial charge >= 0.3 is 0 Å². The Hall–Kier alpha value is 0.530. The maximum absolute atomic E-state index is 4.93. The van der Waals surface area contributed by atoms with Gasteiger partial charge in [-0.1, -0.05) is 89.1 Å². The van der Waals surface area contributed by atoms with E-state index in [-0.39, 0.29) is 0 Å². The molecule has 0 heterocycles. The lowest BCUT2D eigenvalue weighted by atomic mass is 10.1. The zero-order valence-corrected chi connectivity index (χ0v) is 17.1. The SMILES string of the molecule is CCCCCCCC/C=C\CCCCCCCCSC(=S)S. The van der Waals surface area contributed by atoms with Crippen molar-refractivity contribution in [3.8, 4) is 0 Å². The Kier molecular flexibility index (Phi) is 20.0. The summed E-state index contributed by atoms with van der Waals surface area (Å²) >= 11 is 10.7. The van der Waals surface area contributed by atoms with Crippen LogP contribution < -0.4 is 0 Å². The Balaban J connectivity index is 3.06. The molecule has 0 bridgehead atoms. The molecular weight excluding hydrogens is 324 g/mol. The minimum atomic E-state index is 0.785. The van der Waals surface area contributed by atoms with E-state index in [2.05, 4.69) is 31.7 Å². The number of thiocarbonyl (C=S) groups is 1. The lowest BCUT2D eigenvalue weighted by molar-refractivity contribution is 0.607. The summed E-state index contributed by atoms with van der Waals surface area (Å²) < 4.78 is 0.785. The van der Waals surface area contributed by atoms with Crippen molar-refractivity contribution in [3.63, 3.8) is 0 Å². The molecular formula is C19H36S3. The molecule has 0 atom stereocenters. The molecule has 0 aliphatic heterocycles. The van der Waals surface area contributed by atoms with Gasteiger partial charge in [-0.15, -0.1) is 24.4 Å². The maximum Gasteiger partial charge on any atom is 0.101 e. The molecule has 130 valence electrons. The third-order valence-electron chi connectivity index (χ3n) is 3.88. The molecule has 3 heteroatoms. The molecule has 0 fully saturated rings. The third-order valence-corrected chi connectivity index (χ3v) is 5.36. The van der Waals surface area contributed by atoms with E-state index in [0.717, 1.165) is 9.28 Å². The van der Waals surface area contributed by atoms with Crippen LogP contribution in [0.2, 0.25) is 0 Å². The van der Waals surface area contributed by atoms with Crippen molar-refractivity contribution in [3.05, 3.63) is 12.2 Å². The molecule has 0 spiro atoms. The second kappa shape index (κ2) is 19.6. The molecule has 0 aliphatic rings. The Morgan fingerprint density at radius 2 is 1.23 bits per heavy atom. The van der Waals surface area contributed by atoms with Crippen molar-refractivity contribution in [2.45, 2.75) is 96.8 Å². The Morgan fingerprint density at radius 3 is 1.73 bits per heavy atom. The fourth-order valence-electron chi connectivity index (χ4n) is 2.51. The standard InChI is InChI=1S/C19H36S3/c1-2-3-4-5-6-7-8-9-10-11-12-13-14-15-16-17-18-22-19(20)21/h9-10H,2-8,11-18H2,1H3,(H,20,21)/b10-9-. The number of thiol groups is 1. The van der Waals surface area contributed by atoms with Crippen molar-refractivity contribution in [1.29, 1.82) is 0 Å². The molecule has 22 heavy (non-hydrogen) atoms. The van der Waals surface area contributed by atoms with Crippen LogP contribution in [0.15, 0.2) is 12.2 Å². The normalized spacial score (nSPS) is 11.4. The van der Waals surface area contributed by atoms with Crippen LogP contribution in [-0.4, -0.2) is 9.28 Å². The van der Waals surface area contributed by atoms with Crippen LogP contribution in [0.5, 0.6) is 0 Å². The summed E-state index contributed by atoms with van der Waals surface area (Å²) in [5.74, 6) is 1.14. The zero-order valence-electron chi connectivity index (χ0n) is 14.5. The van der Waals surface area contributed by atoms with Gasteiger partial charge in [-0.25, -0.2) is 0 Å². The fourth-order valence-corrected chi connectivity index (χ4v) is 3.56. The molecule has 0 rings (SSSR count). The van der Waals surface area contributed by atoms with Gasteiger partial charge in [0.1, 0.15) is 3.53 Å². The molecule has 0 saturated carbocycles. The average molecular weight is 361 g/mol. The summed E-state index contributed by atoms with van der Waals surface area (Å²) in [6.07, 6.45) is 23.9. The predicted molar refractivity (Wildman–Crippen MR) is 113 cm³/mol. The first kappa shape index (κ1) is 22.5. The molecule has 0 aromatic heterocycles. The molecule has 0 aromatic rings. The van der Waals surface area contributed by atoms with Gasteiger partial charge in [-0.2, -0.15) is 0 Å². The van der Waals surface area contributed by atoms with Gasteiger partial charge < -0.3 is 0 Å². The topological polar surface area (TPSA) is 0 Å². The van der Waals surface area contributed by atoms with Crippen LogP contribution in [0.4, 0.5) is 0 Å². The molecule has 0 N–H and O–H groups in total. The van der Waals surface area contributed by atoms with Gasteiger partial charge in [0.2, 0.25) is 0 Å². The summed E-state index contributed by atoms with van der Waals surface area (Å²) in [4.78, 5) is 0. The van der Waals surface area contributed by atoms with E-state index >= 15 is 0 Å². The molecule has 0 radical (unpaired) electrons. The van der Waals surface area contributed by atoms with E-state index in [0.29, 0.717) is 0 Å². The van der Waals surface area contributed by atoms with E-state index in [9.17, 15) is 0 Å². The maximum atomic E-state index is 4.93. The van der Waals surface area contributed by atoms with Gasteiger partial charge in [0.15, 0.2) is 0 Å². The fraction of sp³-hybridized carbons (Fsp3) is 0.842. The van der Waals surface area contributed by atoms with E-state index in [4.69, 9.17) is 12.2 Å². The molecule has 0 amide bonds. The molecule has 0 saturated heterocycles. The minimum absolute atomic E-state index is 0.785. The number of unbranched alkanes of at least 4 members (excludes halogenated alkanes) is 12. The summed E-state index contributed by atoms with van der Waals surface area (Å²) in [6.45, 7) is 2.28. The third kappa shape index (κ3) is 20.5. The Bertz CT molecular complexity index is 261. The second-order valence-corrected chi connectivity index (χ2v) is 8.88. The predicted octanol–water partition coefficient (Wildman–Crippen LogP) is 7.97. The summed E-state index contributed by atoms with van der Waals surface area (Å²) in [5.41, 5.74) is 0. The highest BCUT2D eigenvalue weighted by Crippen LogP contribution is 2.13. The number of thioether (sulfide) groups is 1. The number of allylic oxidation sites excluding steroid dienone is 2. The number of hydrogen-bond donors (Lipinski definition) is 1. The quantitative estimate of drug-likeness (QED) is 0.128. The van der Waals surface area contributed by atoms with Gasteiger partial charge in [-0.3, -0.25) is 0 Å². The van der Waals surface area contributed by atoms with Crippen LogP contribution in [0.1, 0.15) is 96.8 Å². The average Bonchev–Trinajstić information content (AvgIpc) is 2.50. The number of rotatable bonds is 16. The van der Waals surface area contributed by atoms with Crippen LogP contribution in [0, 0.1) is 0 Å². The van der Waals surface area contributed by atoms with E-state index in [1.165, 1.54) is 89.9 Å². The van der Waals surface area contributed by atoms with Gasteiger partial charge in [0.25, 0.3) is 0 Å². The van der Waals surface area contributed by atoms with Gasteiger partial charge in [0, 0.05) is 0 Å². The van der Waals surface area contributed by atoms with E-state index in [1.807, 2.05) is 0 Å². The summed E-state index contributed by atoms with van der Waals surface area (Å²) in [7, 11) is 0. The van der Waals surface area contributed by atoms with Crippen LogP contribution in [-0.2, 0) is 0 Å². The van der Waals surface area contributed by atoms with E-state index in [1.54, 1.807) is 11.8 Å². The molecule has 0 aliphatic carbocycles. The zero-order chi connectivity index (χ0) is 16.3.